The summed E-state index contributed by atoms with van der Waals surface area (Å²) in [5, 5.41) is 4.85. The van der Waals surface area contributed by atoms with Crippen LogP contribution in [0.4, 0.5) is 5.82 Å². The van der Waals surface area contributed by atoms with Crippen LogP contribution in [-0.2, 0) is 0 Å². The van der Waals surface area contributed by atoms with Crippen LogP contribution < -0.4 is 5.73 Å². The minimum atomic E-state index is 0.336. The van der Waals surface area contributed by atoms with E-state index in [4.69, 9.17) is 14.7 Å². The molecule has 0 saturated heterocycles. The Morgan fingerprint density at radius 1 is 1.05 bits per heavy atom. The number of pyridine rings is 1. The van der Waals surface area contributed by atoms with Gasteiger partial charge in [0.2, 0.25) is 0 Å². The first-order valence-corrected chi connectivity index (χ1v) is 6.47. The lowest BCUT2D eigenvalue weighted by molar-refractivity contribution is 0.435. The second kappa shape index (κ2) is 4.49. The van der Waals surface area contributed by atoms with Gasteiger partial charge in [0.15, 0.2) is 11.6 Å². The van der Waals surface area contributed by atoms with Gasteiger partial charge in [-0.05, 0) is 12.1 Å². The van der Waals surface area contributed by atoms with E-state index in [2.05, 4.69) is 10.1 Å². The number of nitrogens with zero attached hydrogens (tertiary/aromatic N) is 2. The van der Waals surface area contributed by atoms with Gasteiger partial charge in [-0.1, -0.05) is 29.4 Å². The second-order valence-electron chi connectivity index (χ2n) is 4.66. The van der Waals surface area contributed by atoms with Crippen molar-refractivity contribution in [3.8, 4) is 22.5 Å². The zero-order chi connectivity index (χ0) is 14.2. The van der Waals surface area contributed by atoms with E-state index in [1.807, 2.05) is 36.4 Å². The standard InChI is InChI=1S/C16H11N3O2/c17-16-14(10-4-3-7-18-8-10)15(21-19-16)12-9-20-13-6-2-1-5-11(12)13/h1-9H,(H2,17,19). The Labute approximate surface area is 120 Å². The zero-order valence-electron chi connectivity index (χ0n) is 11.0. The second-order valence-corrected chi connectivity index (χ2v) is 4.66. The van der Waals surface area contributed by atoms with E-state index in [0.717, 1.165) is 27.7 Å². The third kappa shape index (κ3) is 1.79. The van der Waals surface area contributed by atoms with Crippen molar-refractivity contribution in [3.05, 3.63) is 55.1 Å². The molecule has 21 heavy (non-hydrogen) atoms. The number of rotatable bonds is 2. The van der Waals surface area contributed by atoms with Gasteiger partial charge in [-0.3, -0.25) is 4.98 Å². The minimum Gasteiger partial charge on any atom is -0.464 e. The van der Waals surface area contributed by atoms with Crippen molar-refractivity contribution in [3.63, 3.8) is 0 Å². The lowest BCUT2D eigenvalue weighted by Crippen LogP contribution is -1.89. The molecular weight excluding hydrogens is 266 g/mol. The molecule has 0 aliphatic carbocycles. The Balaban J connectivity index is 1.98. The molecule has 5 nitrogen and oxygen atoms in total. The monoisotopic (exact) mass is 277 g/mol. The van der Waals surface area contributed by atoms with Gasteiger partial charge in [0.05, 0.1) is 11.1 Å². The summed E-state index contributed by atoms with van der Waals surface area (Å²) in [6.45, 7) is 0. The Bertz CT molecular complexity index is 910. The number of nitrogen functional groups attached to an aromatic ring is 1. The summed E-state index contributed by atoms with van der Waals surface area (Å²) in [7, 11) is 0. The quantitative estimate of drug-likeness (QED) is 0.604. The number of nitrogens with two attached hydrogens (primary N) is 1. The molecule has 0 unspecified atom stereocenters. The summed E-state index contributed by atoms with van der Waals surface area (Å²) >= 11 is 0. The highest BCUT2D eigenvalue weighted by molar-refractivity contribution is 5.98. The summed E-state index contributed by atoms with van der Waals surface area (Å²) in [6, 6.07) is 11.5. The fraction of sp³-hybridized carbons (Fsp3) is 0. The van der Waals surface area contributed by atoms with Crippen LogP contribution in [0.2, 0.25) is 0 Å². The topological polar surface area (TPSA) is 78.1 Å². The number of benzene rings is 1. The first-order chi connectivity index (χ1) is 10.3. The van der Waals surface area contributed by atoms with Crippen molar-refractivity contribution in [1.82, 2.24) is 10.1 Å². The van der Waals surface area contributed by atoms with Crippen LogP contribution in [0.3, 0.4) is 0 Å². The summed E-state index contributed by atoms with van der Waals surface area (Å²) in [5.74, 6) is 0.925. The van der Waals surface area contributed by atoms with Crippen molar-refractivity contribution in [2.45, 2.75) is 0 Å². The van der Waals surface area contributed by atoms with Crippen LogP contribution in [0.25, 0.3) is 33.4 Å². The fourth-order valence-electron chi connectivity index (χ4n) is 2.43. The van der Waals surface area contributed by atoms with E-state index in [0.29, 0.717) is 11.6 Å². The molecule has 0 radical (unpaired) electrons. The van der Waals surface area contributed by atoms with Crippen LogP contribution >= 0.6 is 0 Å². The number of para-hydroxylation sites is 1. The van der Waals surface area contributed by atoms with Gasteiger partial charge in [-0.2, -0.15) is 0 Å². The molecule has 0 bridgehead atoms. The van der Waals surface area contributed by atoms with Crippen LogP contribution in [0, 0.1) is 0 Å². The molecule has 0 aliphatic rings. The third-order valence-electron chi connectivity index (χ3n) is 3.39. The molecule has 1 aromatic carbocycles. The molecule has 0 aliphatic heterocycles. The van der Waals surface area contributed by atoms with Gasteiger partial charge < -0.3 is 14.7 Å². The van der Waals surface area contributed by atoms with Gasteiger partial charge in [-0.25, -0.2) is 0 Å². The summed E-state index contributed by atoms with van der Waals surface area (Å²) in [6.07, 6.45) is 5.10. The Hall–Kier alpha value is -3.08. The lowest BCUT2D eigenvalue weighted by Gasteiger charge is -2.00. The first-order valence-electron chi connectivity index (χ1n) is 6.47. The summed E-state index contributed by atoms with van der Waals surface area (Å²) in [5.41, 5.74) is 9.17. The fourth-order valence-corrected chi connectivity index (χ4v) is 2.43. The predicted molar refractivity (Wildman–Crippen MR) is 79.4 cm³/mol. The molecule has 0 amide bonds. The van der Waals surface area contributed by atoms with Crippen LogP contribution in [-0.4, -0.2) is 10.1 Å². The first kappa shape index (κ1) is 11.7. The highest BCUT2D eigenvalue weighted by atomic mass is 16.5. The maximum atomic E-state index is 5.96. The molecule has 2 N–H and O–H groups in total. The van der Waals surface area contributed by atoms with Gasteiger partial charge in [0, 0.05) is 23.3 Å². The van der Waals surface area contributed by atoms with Crippen molar-refractivity contribution < 1.29 is 8.94 Å². The molecule has 0 saturated carbocycles. The minimum absolute atomic E-state index is 0.336. The molecule has 102 valence electrons. The third-order valence-corrected chi connectivity index (χ3v) is 3.39. The van der Waals surface area contributed by atoms with E-state index in [1.54, 1.807) is 18.7 Å². The molecule has 0 atom stereocenters. The lowest BCUT2D eigenvalue weighted by atomic mass is 10.0. The Morgan fingerprint density at radius 2 is 1.95 bits per heavy atom. The number of furan rings is 1. The number of hydrogen-bond acceptors (Lipinski definition) is 5. The van der Waals surface area contributed by atoms with Crippen LogP contribution in [0.1, 0.15) is 0 Å². The molecule has 0 fully saturated rings. The van der Waals surface area contributed by atoms with Crippen LogP contribution in [0.15, 0.2) is 64.0 Å². The van der Waals surface area contributed by atoms with Gasteiger partial charge in [0.25, 0.3) is 0 Å². The van der Waals surface area contributed by atoms with Gasteiger partial charge in [0.1, 0.15) is 11.8 Å². The van der Waals surface area contributed by atoms with E-state index in [-0.39, 0.29) is 0 Å². The number of aromatic nitrogens is 2. The number of fused-ring (bicyclic) bond motifs is 1. The number of anilines is 1. The van der Waals surface area contributed by atoms with Crippen LogP contribution in [0.5, 0.6) is 0 Å². The van der Waals surface area contributed by atoms with E-state index < -0.39 is 0 Å². The number of hydrogen-bond donors (Lipinski definition) is 1. The normalized spacial score (nSPS) is 11.0. The summed E-state index contributed by atoms with van der Waals surface area (Å²) in [4.78, 5) is 4.12. The largest absolute Gasteiger partial charge is 0.464 e. The van der Waals surface area contributed by atoms with Crippen molar-refractivity contribution in [2.24, 2.45) is 0 Å². The molecule has 3 heterocycles. The van der Waals surface area contributed by atoms with E-state index in [1.165, 1.54) is 0 Å². The van der Waals surface area contributed by atoms with Crippen molar-refractivity contribution >= 4 is 16.8 Å². The van der Waals surface area contributed by atoms with Crippen molar-refractivity contribution in [2.75, 3.05) is 5.73 Å². The Morgan fingerprint density at radius 3 is 2.81 bits per heavy atom. The highest BCUT2D eigenvalue weighted by Crippen LogP contribution is 2.39. The molecule has 3 aromatic heterocycles. The average molecular weight is 277 g/mol. The highest BCUT2D eigenvalue weighted by Gasteiger charge is 2.21. The smallest absolute Gasteiger partial charge is 0.180 e. The Kier molecular flexibility index (Phi) is 2.50. The van der Waals surface area contributed by atoms with E-state index >= 15 is 0 Å². The van der Waals surface area contributed by atoms with Gasteiger partial charge >= 0.3 is 0 Å². The van der Waals surface area contributed by atoms with Gasteiger partial charge in [-0.15, -0.1) is 0 Å². The van der Waals surface area contributed by atoms with Crippen molar-refractivity contribution in [1.29, 1.82) is 0 Å². The zero-order valence-corrected chi connectivity index (χ0v) is 11.0. The predicted octanol–water partition coefficient (Wildman–Crippen LogP) is 3.73. The summed E-state index contributed by atoms with van der Waals surface area (Å²) < 4.78 is 11.0. The molecular formula is C16H11N3O2. The maximum Gasteiger partial charge on any atom is 0.180 e. The molecule has 0 spiro atoms. The van der Waals surface area contributed by atoms with E-state index in [9.17, 15) is 0 Å². The molecule has 5 heteroatoms. The SMILES string of the molecule is Nc1noc(-c2coc3ccccc23)c1-c1cccnc1. The average Bonchev–Trinajstić information content (AvgIpc) is 3.11. The molecule has 4 rings (SSSR count). The molecule has 4 aromatic rings. The maximum absolute atomic E-state index is 5.96.